The number of carbonyl (C=O) groups excluding carboxylic acids is 3. The third kappa shape index (κ3) is 5.42. The van der Waals surface area contributed by atoms with Gasteiger partial charge in [0.25, 0.3) is 5.91 Å². The molecule has 0 bridgehead atoms. The van der Waals surface area contributed by atoms with Crippen LogP contribution in [0.4, 0.5) is 22.7 Å². The number of hydrogen-bond acceptors (Lipinski definition) is 7. The molecule has 0 aliphatic carbocycles. The molecule has 0 radical (unpaired) electrons. The van der Waals surface area contributed by atoms with E-state index in [1.54, 1.807) is 54.7 Å². The molecule has 9 heteroatoms. The van der Waals surface area contributed by atoms with Crippen molar-refractivity contribution in [3.63, 3.8) is 0 Å². The van der Waals surface area contributed by atoms with Gasteiger partial charge in [-0.25, -0.2) is 0 Å². The van der Waals surface area contributed by atoms with Crippen LogP contribution in [0.1, 0.15) is 37.1 Å². The second-order valence-corrected chi connectivity index (χ2v) is 10.4. The monoisotopic (exact) mass is 550 g/mol. The van der Waals surface area contributed by atoms with Crippen LogP contribution >= 0.6 is 11.3 Å². The number of morpholine rings is 1. The quantitative estimate of drug-likeness (QED) is 0.234. The molecule has 6 rings (SSSR count). The van der Waals surface area contributed by atoms with Crippen molar-refractivity contribution >= 4 is 57.9 Å². The lowest BCUT2D eigenvalue weighted by atomic mass is 9.96. The van der Waals surface area contributed by atoms with Crippen molar-refractivity contribution in [1.82, 2.24) is 0 Å². The smallest absolute Gasteiger partial charge is 0.265 e. The Bertz CT molecular complexity index is 1570. The molecule has 2 amide bonds. The molecule has 3 heterocycles. The molecule has 8 nitrogen and oxygen atoms in total. The number of amides is 2. The maximum Gasteiger partial charge on any atom is 0.265 e. The van der Waals surface area contributed by atoms with Crippen molar-refractivity contribution in [2.75, 3.05) is 41.8 Å². The van der Waals surface area contributed by atoms with E-state index in [-0.39, 0.29) is 17.6 Å². The molecule has 200 valence electrons. The van der Waals surface area contributed by atoms with E-state index in [9.17, 15) is 14.4 Å². The minimum absolute atomic E-state index is 0.173. The molecule has 4 aromatic rings. The summed E-state index contributed by atoms with van der Waals surface area (Å²) in [5, 5.41) is 7.56. The van der Waals surface area contributed by atoms with Crippen molar-refractivity contribution < 1.29 is 19.1 Å². The SMILES string of the molecule is O=C(c1ccc(NC(=O)c2cccs2)cc1)c1ccc2c(c1)C(C=Nc1ccc(N3CCOCC3)cc1)C(=O)N2. The van der Waals surface area contributed by atoms with Gasteiger partial charge in [0.2, 0.25) is 5.91 Å². The highest BCUT2D eigenvalue weighted by Gasteiger charge is 2.30. The Morgan fingerprint density at radius 1 is 0.975 bits per heavy atom. The van der Waals surface area contributed by atoms with Gasteiger partial charge in [-0.1, -0.05) is 6.07 Å². The molecule has 1 atom stereocenters. The Hall–Kier alpha value is -4.60. The van der Waals surface area contributed by atoms with Gasteiger partial charge in [-0.15, -0.1) is 11.3 Å². The number of thiophene rings is 1. The van der Waals surface area contributed by atoms with Gasteiger partial charge in [0.15, 0.2) is 5.78 Å². The molecule has 3 aromatic carbocycles. The van der Waals surface area contributed by atoms with Gasteiger partial charge in [-0.2, -0.15) is 0 Å². The first-order valence-corrected chi connectivity index (χ1v) is 13.8. The Morgan fingerprint density at radius 2 is 1.73 bits per heavy atom. The molecule has 1 aromatic heterocycles. The highest BCUT2D eigenvalue weighted by atomic mass is 32.1. The van der Waals surface area contributed by atoms with E-state index in [1.165, 1.54) is 11.3 Å². The van der Waals surface area contributed by atoms with Crippen LogP contribution in [-0.2, 0) is 9.53 Å². The van der Waals surface area contributed by atoms with E-state index in [1.807, 2.05) is 35.7 Å². The zero-order chi connectivity index (χ0) is 27.5. The maximum atomic E-state index is 13.3. The van der Waals surface area contributed by atoms with Crippen LogP contribution in [0.3, 0.4) is 0 Å². The first-order valence-electron chi connectivity index (χ1n) is 13.0. The second-order valence-electron chi connectivity index (χ2n) is 9.50. The summed E-state index contributed by atoms with van der Waals surface area (Å²) in [6.07, 6.45) is 1.63. The summed E-state index contributed by atoms with van der Waals surface area (Å²) in [5.41, 5.74) is 4.81. The number of benzene rings is 3. The molecular weight excluding hydrogens is 524 g/mol. The van der Waals surface area contributed by atoms with E-state index < -0.39 is 5.92 Å². The molecule has 0 saturated carbocycles. The predicted molar refractivity (Wildman–Crippen MR) is 158 cm³/mol. The predicted octanol–water partition coefficient (Wildman–Crippen LogP) is 5.51. The van der Waals surface area contributed by atoms with E-state index in [0.29, 0.717) is 32.9 Å². The van der Waals surface area contributed by atoms with E-state index in [0.717, 1.165) is 37.7 Å². The Kier molecular flexibility index (Phi) is 7.22. The lowest BCUT2D eigenvalue weighted by Crippen LogP contribution is -2.36. The number of aliphatic imine (C=N–C) groups is 1. The van der Waals surface area contributed by atoms with E-state index in [2.05, 4.69) is 20.5 Å². The van der Waals surface area contributed by atoms with Gasteiger partial charge < -0.3 is 20.3 Å². The standard InChI is InChI=1S/C31H26N4O4S/c36-29(20-3-6-23(7-4-20)33-31(38)28-2-1-17-40-28)21-5-12-27-25(18-21)26(30(37)34-27)19-32-22-8-10-24(11-9-22)35-13-15-39-16-14-35/h1-12,17-19,26H,13-16H2,(H,33,38)(H,34,37). The van der Waals surface area contributed by atoms with Crippen molar-refractivity contribution in [3.8, 4) is 0 Å². The minimum Gasteiger partial charge on any atom is -0.378 e. The number of nitrogens with zero attached hydrogens (tertiary/aromatic N) is 2. The van der Waals surface area contributed by atoms with Gasteiger partial charge in [0.1, 0.15) is 5.92 Å². The summed E-state index contributed by atoms with van der Waals surface area (Å²) in [4.78, 5) is 45.7. The van der Waals surface area contributed by atoms with Crippen LogP contribution in [0, 0.1) is 0 Å². The van der Waals surface area contributed by atoms with Gasteiger partial charge in [-0.05, 0) is 83.7 Å². The first-order chi connectivity index (χ1) is 19.5. The molecule has 1 saturated heterocycles. The van der Waals surface area contributed by atoms with Crippen molar-refractivity contribution in [2.24, 2.45) is 4.99 Å². The van der Waals surface area contributed by atoms with Gasteiger partial charge >= 0.3 is 0 Å². The highest BCUT2D eigenvalue weighted by Crippen LogP contribution is 2.33. The number of ketones is 1. The number of rotatable bonds is 7. The van der Waals surface area contributed by atoms with Gasteiger partial charge in [0.05, 0.1) is 23.8 Å². The number of ether oxygens (including phenoxy) is 1. The van der Waals surface area contributed by atoms with E-state index >= 15 is 0 Å². The average molecular weight is 551 g/mol. The summed E-state index contributed by atoms with van der Waals surface area (Å²) in [6, 6.07) is 23.5. The fraction of sp³-hybridized carbons (Fsp3) is 0.161. The number of hydrogen-bond donors (Lipinski definition) is 2. The maximum absolute atomic E-state index is 13.3. The zero-order valence-electron chi connectivity index (χ0n) is 21.5. The Labute approximate surface area is 235 Å². The van der Waals surface area contributed by atoms with Crippen molar-refractivity contribution in [2.45, 2.75) is 5.92 Å². The molecule has 0 spiro atoms. The number of nitrogens with one attached hydrogen (secondary N) is 2. The first kappa shape index (κ1) is 25.7. The van der Waals surface area contributed by atoms with Crippen LogP contribution in [0.5, 0.6) is 0 Å². The summed E-state index contributed by atoms with van der Waals surface area (Å²) < 4.78 is 5.42. The van der Waals surface area contributed by atoms with Crippen molar-refractivity contribution in [1.29, 1.82) is 0 Å². The number of carbonyl (C=O) groups is 3. The average Bonchev–Trinajstić information content (AvgIpc) is 3.64. The summed E-state index contributed by atoms with van der Waals surface area (Å²) in [5.74, 6) is -1.14. The fourth-order valence-electron chi connectivity index (χ4n) is 4.78. The third-order valence-electron chi connectivity index (χ3n) is 6.94. The molecular formula is C31H26N4O4S. The highest BCUT2D eigenvalue weighted by molar-refractivity contribution is 7.12. The second kappa shape index (κ2) is 11.3. The Balaban J connectivity index is 1.15. The van der Waals surface area contributed by atoms with Crippen LogP contribution in [0.2, 0.25) is 0 Å². The topological polar surface area (TPSA) is 100 Å². The van der Waals surface area contributed by atoms with Crippen LogP contribution in [0.25, 0.3) is 0 Å². The van der Waals surface area contributed by atoms with Gasteiger partial charge in [0, 0.05) is 47.5 Å². The molecule has 2 aliphatic heterocycles. The summed E-state index contributed by atoms with van der Waals surface area (Å²) in [7, 11) is 0. The minimum atomic E-state index is -0.600. The summed E-state index contributed by atoms with van der Waals surface area (Å²) >= 11 is 1.36. The fourth-order valence-corrected chi connectivity index (χ4v) is 5.40. The van der Waals surface area contributed by atoms with Crippen LogP contribution in [0.15, 0.2) is 89.2 Å². The molecule has 1 unspecified atom stereocenters. The number of anilines is 3. The molecule has 2 N–H and O–H groups in total. The Morgan fingerprint density at radius 3 is 2.45 bits per heavy atom. The third-order valence-corrected chi connectivity index (χ3v) is 7.81. The van der Waals surface area contributed by atoms with Gasteiger partial charge in [-0.3, -0.25) is 19.4 Å². The molecule has 40 heavy (non-hydrogen) atoms. The largest absolute Gasteiger partial charge is 0.378 e. The lowest BCUT2D eigenvalue weighted by molar-refractivity contribution is -0.115. The zero-order valence-corrected chi connectivity index (χ0v) is 22.3. The van der Waals surface area contributed by atoms with Crippen molar-refractivity contribution in [3.05, 3.63) is 106 Å². The van der Waals surface area contributed by atoms with E-state index in [4.69, 9.17) is 4.74 Å². The summed E-state index contributed by atoms with van der Waals surface area (Å²) in [6.45, 7) is 3.16. The van der Waals surface area contributed by atoms with Crippen LogP contribution in [-0.4, -0.2) is 50.1 Å². The van der Waals surface area contributed by atoms with Crippen LogP contribution < -0.4 is 15.5 Å². The lowest BCUT2D eigenvalue weighted by Gasteiger charge is -2.28. The normalized spacial score (nSPS) is 16.6. The molecule has 1 fully saturated rings. The molecule has 2 aliphatic rings. The number of fused-ring (bicyclic) bond motifs is 1.